The molecule has 1 fully saturated rings. The van der Waals surface area contributed by atoms with Crippen LogP contribution in [0.5, 0.6) is 5.75 Å². The Labute approximate surface area is 215 Å². The van der Waals surface area contributed by atoms with E-state index in [2.05, 4.69) is 21.7 Å². The van der Waals surface area contributed by atoms with Gasteiger partial charge in [0.15, 0.2) is 5.57 Å². The first-order valence-electron chi connectivity index (χ1n) is 11.6. The minimum atomic E-state index is -4.62. The minimum absolute atomic E-state index is 0.121. The standard InChI is InChI=1S/C25H26F3N5O3S/c1-2-33-22(14-18(16-29)23(34)31-17-25(26,27)28)37-21(24(33)35)8-9-30-19-6-5-7-20(15-19)36-13-12-32-10-3-4-11-32/h5-7,9,15,30H,2-4,10-13,17H2,1H3,(H,31,34). The van der Waals surface area contributed by atoms with E-state index in [0.29, 0.717) is 12.4 Å². The second-order valence-corrected chi connectivity index (χ2v) is 9.05. The number of nitrogens with one attached hydrogen (secondary N) is 2. The zero-order valence-electron chi connectivity index (χ0n) is 20.2. The van der Waals surface area contributed by atoms with Crippen molar-refractivity contribution < 1.29 is 22.7 Å². The highest BCUT2D eigenvalue weighted by Crippen LogP contribution is 2.17. The molecule has 0 radical (unpaired) electrons. The monoisotopic (exact) mass is 533 g/mol. The van der Waals surface area contributed by atoms with Gasteiger partial charge in [-0.05, 0) is 45.0 Å². The van der Waals surface area contributed by atoms with Gasteiger partial charge in [0.05, 0.1) is 0 Å². The number of nitriles is 1. The van der Waals surface area contributed by atoms with Crippen LogP contribution in [-0.4, -0.2) is 54.3 Å². The number of anilines is 1. The predicted octanol–water partition coefficient (Wildman–Crippen LogP) is 1.92. The van der Waals surface area contributed by atoms with Crippen LogP contribution in [0.3, 0.4) is 0 Å². The van der Waals surface area contributed by atoms with E-state index in [1.54, 1.807) is 12.2 Å². The highest BCUT2D eigenvalue weighted by molar-refractivity contribution is 7.07. The van der Waals surface area contributed by atoms with E-state index < -0.39 is 29.8 Å². The maximum absolute atomic E-state index is 12.7. The summed E-state index contributed by atoms with van der Waals surface area (Å²) < 4.78 is 44.5. The molecule has 0 unspecified atom stereocenters. The molecule has 0 aliphatic carbocycles. The molecular weight excluding hydrogens is 507 g/mol. The third kappa shape index (κ3) is 8.41. The van der Waals surface area contributed by atoms with Crippen LogP contribution in [0.25, 0.3) is 11.5 Å². The minimum Gasteiger partial charge on any atom is -0.492 e. The molecule has 1 saturated heterocycles. The molecule has 1 aliphatic heterocycles. The van der Waals surface area contributed by atoms with Crippen molar-refractivity contribution in [2.24, 2.45) is 0 Å². The van der Waals surface area contributed by atoms with E-state index in [4.69, 9.17) is 4.74 Å². The summed E-state index contributed by atoms with van der Waals surface area (Å²) in [5, 5.41) is 13.9. The lowest BCUT2D eigenvalue weighted by Crippen LogP contribution is -2.34. The van der Waals surface area contributed by atoms with Gasteiger partial charge in [-0.2, -0.15) is 18.4 Å². The van der Waals surface area contributed by atoms with Crippen molar-refractivity contribution in [1.29, 1.82) is 5.26 Å². The fourth-order valence-corrected chi connectivity index (χ4v) is 4.54. The van der Waals surface area contributed by atoms with Crippen LogP contribution in [0.1, 0.15) is 19.8 Å². The average Bonchev–Trinajstić information content (AvgIpc) is 3.48. The van der Waals surface area contributed by atoms with Crippen molar-refractivity contribution in [3.05, 3.63) is 55.6 Å². The average molecular weight is 534 g/mol. The summed E-state index contributed by atoms with van der Waals surface area (Å²) in [6.07, 6.45) is -0.722. The summed E-state index contributed by atoms with van der Waals surface area (Å²) in [6.45, 7) is 3.96. The molecule has 0 saturated carbocycles. The Hall–Kier alpha value is -3.74. The number of carbonyl (C=O) groups excluding carboxylic acids is 1. The summed E-state index contributed by atoms with van der Waals surface area (Å²) in [5.41, 5.74) is 4.93. The van der Waals surface area contributed by atoms with Crippen molar-refractivity contribution >= 4 is 34.4 Å². The lowest BCUT2D eigenvalue weighted by molar-refractivity contribution is -0.136. The molecule has 1 aromatic carbocycles. The lowest BCUT2D eigenvalue weighted by atomic mass is 10.3. The first kappa shape index (κ1) is 27.8. The van der Waals surface area contributed by atoms with Gasteiger partial charge in [0, 0.05) is 31.0 Å². The SMILES string of the molecule is CCn1c(=C=C(C#N)C(=O)NCC(F)(F)F)sc(=C=CNc2cccc(OCCN3CCCC3)c2)c1=O. The van der Waals surface area contributed by atoms with Gasteiger partial charge in [-0.25, -0.2) is 0 Å². The zero-order valence-corrected chi connectivity index (χ0v) is 21.0. The Kier molecular flexibility index (Phi) is 9.78. The lowest BCUT2D eigenvalue weighted by Gasteiger charge is -2.15. The molecule has 2 N–H and O–H groups in total. The first-order chi connectivity index (χ1) is 17.7. The third-order valence-corrected chi connectivity index (χ3v) is 6.38. The van der Waals surface area contributed by atoms with Crippen LogP contribution in [0.4, 0.5) is 18.9 Å². The van der Waals surface area contributed by atoms with Crippen LogP contribution in [-0.2, 0) is 11.3 Å². The number of hydrogen-bond donors (Lipinski definition) is 2. The van der Waals surface area contributed by atoms with Crippen LogP contribution < -0.4 is 30.1 Å². The van der Waals surface area contributed by atoms with Crippen molar-refractivity contribution in [2.45, 2.75) is 32.5 Å². The van der Waals surface area contributed by atoms with Gasteiger partial charge in [0.1, 0.15) is 34.2 Å². The maximum Gasteiger partial charge on any atom is 0.405 e. The van der Waals surface area contributed by atoms with Gasteiger partial charge >= 0.3 is 6.18 Å². The predicted molar refractivity (Wildman–Crippen MR) is 134 cm³/mol. The zero-order chi connectivity index (χ0) is 26.8. The fourth-order valence-electron chi connectivity index (χ4n) is 3.55. The van der Waals surface area contributed by atoms with Crippen molar-refractivity contribution in [3.8, 4) is 11.8 Å². The van der Waals surface area contributed by atoms with E-state index in [9.17, 15) is 28.0 Å². The third-order valence-electron chi connectivity index (χ3n) is 5.37. The first-order valence-corrected chi connectivity index (χ1v) is 12.4. The van der Waals surface area contributed by atoms with Crippen molar-refractivity contribution in [2.75, 3.05) is 38.1 Å². The number of alkyl halides is 3. The van der Waals surface area contributed by atoms with E-state index in [0.717, 1.165) is 36.7 Å². The summed E-state index contributed by atoms with van der Waals surface area (Å²) in [5.74, 6) is -0.523. The number of thiazole rings is 1. The Morgan fingerprint density at radius 3 is 2.73 bits per heavy atom. The van der Waals surface area contributed by atoms with Gasteiger partial charge in [-0.1, -0.05) is 28.9 Å². The van der Waals surface area contributed by atoms with Crippen molar-refractivity contribution in [1.82, 2.24) is 14.8 Å². The summed E-state index contributed by atoms with van der Waals surface area (Å²) in [6, 6.07) is 8.86. The van der Waals surface area contributed by atoms with Gasteiger partial charge < -0.3 is 15.4 Å². The Balaban J connectivity index is 1.79. The number of carbonyl (C=O) groups is 1. The van der Waals surface area contributed by atoms with Crippen molar-refractivity contribution in [3.63, 3.8) is 0 Å². The van der Waals surface area contributed by atoms with Crippen LogP contribution in [0, 0.1) is 11.3 Å². The molecule has 3 rings (SSSR count). The molecule has 1 aliphatic rings. The number of halogens is 3. The molecule has 12 heteroatoms. The van der Waals surface area contributed by atoms with Gasteiger partial charge in [0.2, 0.25) is 0 Å². The smallest absolute Gasteiger partial charge is 0.405 e. The molecule has 8 nitrogen and oxygen atoms in total. The second-order valence-electron chi connectivity index (χ2n) is 8.05. The second kappa shape index (κ2) is 13.0. The summed E-state index contributed by atoms with van der Waals surface area (Å²) >= 11 is 0.910. The Morgan fingerprint density at radius 2 is 2.05 bits per heavy atom. The molecule has 0 atom stereocenters. The molecule has 0 spiro atoms. The van der Waals surface area contributed by atoms with Crippen LogP contribution in [0.15, 0.2) is 40.8 Å². The largest absolute Gasteiger partial charge is 0.492 e. The molecular formula is C25H26F3N5O3S. The van der Waals surface area contributed by atoms with E-state index in [1.165, 1.54) is 29.7 Å². The van der Waals surface area contributed by atoms with Gasteiger partial charge in [-0.3, -0.25) is 19.1 Å². The highest BCUT2D eigenvalue weighted by atomic mass is 32.1. The van der Waals surface area contributed by atoms with Crippen LogP contribution in [0.2, 0.25) is 0 Å². The number of ether oxygens (including phenoxy) is 1. The molecule has 2 aromatic rings. The fraction of sp³-hybridized carbons (Fsp3) is 0.400. The Bertz CT molecular complexity index is 1400. The molecule has 2 heterocycles. The number of nitrogens with zero attached hydrogens (tertiary/aromatic N) is 3. The molecule has 196 valence electrons. The maximum atomic E-state index is 12.7. The number of hydrogen-bond acceptors (Lipinski definition) is 7. The molecule has 0 bridgehead atoms. The number of amides is 1. The van der Waals surface area contributed by atoms with E-state index >= 15 is 0 Å². The molecule has 37 heavy (non-hydrogen) atoms. The van der Waals surface area contributed by atoms with Gasteiger partial charge in [0.25, 0.3) is 11.5 Å². The van der Waals surface area contributed by atoms with E-state index in [1.807, 2.05) is 24.3 Å². The normalized spacial score (nSPS) is 13.3. The number of benzene rings is 1. The van der Waals surface area contributed by atoms with E-state index in [-0.39, 0.29) is 15.7 Å². The highest BCUT2D eigenvalue weighted by Gasteiger charge is 2.28. The summed E-state index contributed by atoms with van der Waals surface area (Å²) in [7, 11) is 0. The Morgan fingerprint density at radius 1 is 1.30 bits per heavy atom. The quantitative estimate of drug-likeness (QED) is 0.378. The van der Waals surface area contributed by atoms with Crippen LogP contribution >= 0.6 is 11.3 Å². The molecule has 1 aromatic heterocycles. The molecule has 1 amide bonds. The summed E-state index contributed by atoms with van der Waals surface area (Å²) in [4.78, 5) is 27.0. The number of rotatable bonds is 9. The van der Waals surface area contributed by atoms with Gasteiger partial charge in [-0.15, -0.1) is 0 Å². The number of likely N-dealkylation sites (tertiary alicyclic amines) is 1. The number of aromatic nitrogens is 1. The topological polar surface area (TPSA) is 99.4 Å².